The number of hydrogen-bond acceptors (Lipinski definition) is 4. The number of aliphatic hydroxyl groups is 1. The Balaban J connectivity index is 2.67. The summed E-state index contributed by atoms with van der Waals surface area (Å²) < 4.78 is 5.43. The van der Waals surface area contributed by atoms with Crippen molar-refractivity contribution >= 4 is 12.0 Å². The Hall–Kier alpha value is -1.34. The zero-order chi connectivity index (χ0) is 16.0. The Bertz CT molecular complexity index is 361. The van der Waals surface area contributed by atoms with Gasteiger partial charge in [0.05, 0.1) is 31.9 Å². The lowest BCUT2D eigenvalue weighted by Gasteiger charge is -2.41. The normalized spacial score (nSPS) is 22.4. The molecule has 1 aliphatic rings. The van der Waals surface area contributed by atoms with Crippen molar-refractivity contribution in [3.63, 3.8) is 0 Å². The standard InChI is InChI=1S/C14H26N2O5/c1-10(2)15(6-4-5-13(18)19)14(20)16-7-12(8-17)21-9-11(16)3/h10-12,17H,4-9H2,1-3H3,(H,18,19). The van der Waals surface area contributed by atoms with Crippen molar-refractivity contribution in [1.29, 1.82) is 0 Å². The minimum absolute atomic E-state index is 0.00563. The van der Waals surface area contributed by atoms with E-state index in [9.17, 15) is 14.7 Å². The summed E-state index contributed by atoms with van der Waals surface area (Å²) in [5.41, 5.74) is 0. The van der Waals surface area contributed by atoms with Crippen LogP contribution in [-0.2, 0) is 9.53 Å². The molecule has 0 aromatic carbocycles. The number of aliphatic hydroxyl groups excluding tert-OH is 1. The van der Waals surface area contributed by atoms with Crippen molar-refractivity contribution in [2.24, 2.45) is 0 Å². The summed E-state index contributed by atoms with van der Waals surface area (Å²) in [7, 11) is 0. The zero-order valence-corrected chi connectivity index (χ0v) is 13.0. The van der Waals surface area contributed by atoms with E-state index < -0.39 is 5.97 Å². The molecule has 0 aromatic rings. The molecule has 0 spiro atoms. The molecular weight excluding hydrogens is 276 g/mol. The Morgan fingerprint density at radius 2 is 2.10 bits per heavy atom. The summed E-state index contributed by atoms with van der Waals surface area (Å²) in [6.45, 7) is 6.78. The number of carboxylic acid groups (broad SMARTS) is 1. The van der Waals surface area contributed by atoms with Crippen LogP contribution in [0.4, 0.5) is 4.79 Å². The average molecular weight is 302 g/mol. The summed E-state index contributed by atoms with van der Waals surface area (Å²) >= 11 is 0. The lowest BCUT2D eigenvalue weighted by atomic mass is 10.2. The van der Waals surface area contributed by atoms with Crippen LogP contribution in [0.1, 0.15) is 33.6 Å². The number of amides is 2. The monoisotopic (exact) mass is 302 g/mol. The SMILES string of the molecule is CC(C)N(CCCC(=O)O)C(=O)N1CC(CO)OCC1C. The number of carbonyl (C=O) groups excluding carboxylic acids is 1. The van der Waals surface area contributed by atoms with Crippen molar-refractivity contribution in [2.75, 3.05) is 26.3 Å². The summed E-state index contributed by atoms with van der Waals surface area (Å²) in [5, 5.41) is 17.9. The van der Waals surface area contributed by atoms with Gasteiger partial charge in [-0.3, -0.25) is 4.79 Å². The van der Waals surface area contributed by atoms with Crippen molar-refractivity contribution in [3.05, 3.63) is 0 Å². The second-order valence-electron chi connectivity index (χ2n) is 5.71. The molecule has 2 atom stereocenters. The molecular formula is C14H26N2O5. The van der Waals surface area contributed by atoms with E-state index in [2.05, 4.69) is 0 Å². The number of carboxylic acids is 1. The molecule has 1 fully saturated rings. The van der Waals surface area contributed by atoms with Gasteiger partial charge in [0.1, 0.15) is 0 Å². The molecule has 0 saturated carbocycles. The van der Waals surface area contributed by atoms with E-state index in [0.717, 1.165) is 0 Å². The molecule has 2 unspecified atom stereocenters. The molecule has 1 aliphatic heterocycles. The molecule has 0 radical (unpaired) electrons. The van der Waals surface area contributed by atoms with Gasteiger partial charge in [0.15, 0.2) is 0 Å². The van der Waals surface area contributed by atoms with E-state index >= 15 is 0 Å². The number of ether oxygens (including phenoxy) is 1. The fourth-order valence-corrected chi connectivity index (χ4v) is 2.33. The molecule has 21 heavy (non-hydrogen) atoms. The maximum absolute atomic E-state index is 12.7. The minimum atomic E-state index is -0.855. The molecule has 2 amide bonds. The molecule has 0 aromatic heterocycles. The molecule has 1 rings (SSSR count). The van der Waals surface area contributed by atoms with Gasteiger partial charge in [-0.05, 0) is 27.2 Å². The number of nitrogens with zero attached hydrogens (tertiary/aromatic N) is 2. The van der Waals surface area contributed by atoms with E-state index in [0.29, 0.717) is 26.1 Å². The Kier molecular flexibility index (Phi) is 6.91. The number of morpholine rings is 1. The number of rotatable bonds is 6. The molecule has 0 bridgehead atoms. The second-order valence-corrected chi connectivity index (χ2v) is 5.71. The van der Waals surface area contributed by atoms with E-state index in [1.54, 1.807) is 9.80 Å². The van der Waals surface area contributed by atoms with Crippen LogP contribution in [0.2, 0.25) is 0 Å². The third kappa shape index (κ3) is 5.17. The van der Waals surface area contributed by atoms with E-state index in [1.807, 2.05) is 20.8 Å². The summed E-state index contributed by atoms with van der Waals surface area (Å²) in [5.74, 6) is -0.855. The molecule has 0 aliphatic carbocycles. The van der Waals surface area contributed by atoms with Gasteiger partial charge in [-0.2, -0.15) is 0 Å². The lowest BCUT2D eigenvalue weighted by Crippen LogP contribution is -2.57. The van der Waals surface area contributed by atoms with Gasteiger partial charge in [0.25, 0.3) is 0 Å². The minimum Gasteiger partial charge on any atom is -0.481 e. The highest BCUT2D eigenvalue weighted by Crippen LogP contribution is 2.16. The first-order valence-corrected chi connectivity index (χ1v) is 7.38. The van der Waals surface area contributed by atoms with E-state index in [1.165, 1.54) is 0 Å². The average Bonchev–Trinajstić information content (AvgIpc) is 2.42. The molecule has 1 heterocycles. The quantitative estimate of drug-likeness (QED) is 0.756. The van der Waals surface area contributed by atoms with Crippen molar-refractivity contribution in [1.82, 2.24) is 9.80 Å². The van der Waals surface area contributed by atoms with Crippen LogP contribution in [-0.4, -0.2) is 76.5 Å². The lowest BCUT2D eigenvalue weighted by molar-refractivity contribution is -0.137. The van der Waals surface area contributed by atoms with Gasteiger partial charge in [0, 0.05) is 19.0 Å². The van der Waals surface area contributed by atoms with E-state index in [4.69, 9.17) is 9.84 Å². The van der Waals surface area contributed by atoms with Crippen LogP contribution >= 0.6 is 0 Å². The highest BCUT2D eigenvalue weighted by atomic mass is 16.5. The number of aliphatic carboxylic acids is 1. The van der Waals surface area contributed by atoms with Gasteiger partial charge < -0.3 is 24.7 Å². The van der Waals surface area contributed by atoms with Crippen LogP contribution < -0.4 is 0 Å². The van der Waals surface area contributed by atoms with Gasteiger partial charge in [-0.15, -0.1) is 0 Å². The number of urea groups is 1. The number of hydrogen-bond donors (Lipinski definition) is 2. The van der Waals surface area contributed by atoms with Crippen LogP contribution in [0, 0.1) is 0 Å². The first-order valence-electron chi connectivity index (χ1n) is 7.38. The molecule has 7 nitrogen and oxygen atoms in total. The Morgan fingerprint density at radius 1 is 1.43 bits per heavy atom. The maximum atomic E-state index is 12.7. The molecule has 122 valence electrons. The fraction of sp³-hybridized carbons (Fsp3) is 0.857. The van der Waals surface area contributed by atoms with Crippen LogP contribution in [0.25, 0.3) is 0 Å². The molecule has 7 heteroatoms. The summed E-state index contributed by atoms with van der Waals surface area (Å²) in [4.78, 5) is 26.6. The predicted octanol–water partition coefficient (Wildman–Crippen LogP) is 0.763. The molecule has 2 N–H and O–H groups in total. The van der Waals surface area contributed by atoms with Crippen LogP contribution in [0.5, 0.6) is 0 Å². The fourth-order valence-electron chi connectivity index (χ4n) is 2.33. The Labute approximate surface area is 125 Å². The van der Waals surface area contributed by atoms with Crippen LogP contribution in [0.15, 0.2) is 0 Å². The Morgan fingerprint density at radius 3 is 2.62 bits per heavy atom. The van der Waals surface area contributed by atoms with Crippen molar-refractivity contribution < 1.29 is 24.5 Å². The van der Waals surface area contributed by atoms with Gasteiger partial charge in [-0.25, -0.2) is 4.79 Å². The predicted molar refractivity (Wildman–Crippen MR) is 77.1 cm³/mol. The van der Waals surface area contributed by atoms with Crippen LogP contribution in [0.3, 0.4) is 0 Å². The highest BCUT2D eigenvalue weighted by Gasteiger charge is 2.32. The number of carbonyl (C=O) groups is 2. The topological polar surface area (TPSA) is 90.3 Å². The van der Waals surface area contributed by atoms with Crippen molar-refractivity contribution in [3.8, 4) is 0 Å². The second kappa shape index (κ2) is 8.19. The first-order chi connectivity index (χ1) is 9.86. The third-order valence-electron chi connectivity index (χ3n) is 3.61. The molecule has 1 saturated heterocycles. The van der Waals surface area contributed by atoms with Crippen molar-refractivity contribution in [2.45, 2.75) is 51.8 Å². The van der Waals surface area contributed by atoms with Gasteiger partial charge in [-0.1, -0.05) is 0 Å². The zero-order valence-electron chi connectivity index (χ0n) is 13.0. The summed E-state index contributed by atoms with van der Waals surface area (Å²) in [6, 6.07) is -0.181. The maximum Gasteiger partial charge on any atom is 0.320 e. The summed E-state index contributed by atoms with van der Waals surface area (Å²) in [6.07, 6.45) is 0.133. The first kappa shape index (κ1) is 17.7. The highest BCUT2D eigenvalue weighted by molar-refractivity contribution is 5.75. The van der Waals surface area contributed by atoms with Gasteiger partial charge >= 0.3 is 12.0 Å². The largest absolute Gasteiger partial charge is 0.481 e. The smallest absolute Gasteiger partial charge is 0.320 e. The van der Waals surface area contributed by atoms with Gasteiger partial charge in [0.2, 0.25) is 0 Å². The third-order valence-corrected chi connectivity index (χ3v) is 3.61. The van der Waals surface area contributed by atoms with E-state index in [-0.39, 0.29) is 37.2 Å².